The lowest BCUT2D eigenvalue weighted by Crippen LogP contribution is -2.47. The van der Waals surface area contributed by atoms with Crippen LogP contribution in [0.15, 0.2) is 30.6 Å². The number of nitrogens with zero attached hydrogens (tertiary/aromatic N) is 5. The summed E-state index contributed by atoms with van der Waals surface area (Å²) >= 11 is 0. The molecule has 6 heteroatoms. The van der Waals surface area contributed by atoms with E-state index in [9.17, 15) is 4.39 Å². The fourth-order valence-corrected chi connectivity index (χ4v) is 3.31. The van der Waals surface area contributed by atoms with Crippen molar-refractivity contribution in [1.29, 1.82) is 0 Å². The number of aromatic nitrogens is 4. The molecule has 0 radical (unpaired) electrons. The predicted octanol–water partition coefficient (Wildman–Crippen LogP) is 2.76. The summed E-state index contributed by atoms with van der Waals surface area (Å²) in [5, 5.41) is 4.38. The molecule has 4 rings (SSSR count). The summed E-state index contributed by atoms with van der Waals surface area (Å²) in [6.45, 7) is 7.58. The fourth-order valence-electron chi connectivity index (χ4n) is 3.31. The molecule has 3 aromatic rings. The van der Waals surface area contributed by atoms with Crippen LogP contribution >= 0.6 is 0 Å². The Kier molecular flexibility index (Phi) is 3.41. The van der Waals surface area contributed by atoms with E-state index in [1.54, 1.807) is 6.07 Å². The molecule has 0 bridgehead atoms. The van der Waals surface area contributed by atoms with Gasteiger partial charge in [0.2, 0.25) is 0 Å². The van der Waals surface area contributed by atoms with E-state index in [2.05, 4.69) is 39.6 Å². The third kappa shape index (κ3) is 2.43. The molecule has 0 spiro atoms. The highest BCUT2D eigenvalue weighted by Crippen LogP contribution is 2.25. The van der Waals surface area contributed by atoms with Crippen LogP contribution in [0.25, 0.3) is 11.0 Å². The first-order valence-corrected chi connectivity index (χ1v) is 8.02. The number of likely N-dealkylation sites (tertiary alicyclic amines) is 1. The topological polar surface area (TPSA) is 38.9 Å². The van der Waals surface area contributed by atoms with Gasteiger partial charge in [0.1, 0.15) is 11.3 Å². The van der Waals surface area contributed by atoms with Crippen LogP contribution in [-0.4, -0.2) is 37.3 Å². The van der Waals surface area contributed by atoms with E-state index in [4.69, 9.17) is 0 Å². The van der Waals surface area contributed by atoms with E-state index in [0.29, 0.717) is 11.6 Å². The van der Waals surface area contributed by atoms with E-state index < -0.39 is 0 Å². The van der Waals surface area contributed by atoms with E-state index in [1.165, 1.54) is 11.6 Å². The largest absolute Gasteiger partial charge is 0.327 e. The molecule has 1 aliphatic heterocycles. The number of imidazole rings is 1. The molecule has 0 amide bonds. The lowest BCUT2D eigenvalue weighted by atomic mass is 10.1. The first-order chi connectivity index (χ1) is 11.2. The normalized spacial score (nSPS) is 16.1. The number of benzene rings is 1. The summed E-state index contributed by atoms with van der Waals surface area (Å²) in [5.41, 5.74) is 2.54. The molecule has 1 aliphatic rings. The van der Waals surface area contributed by atoms with Crippen LogP contribution < -0.4 is 0 Å². The SMILES string of the molecule is CCn1c(CN2CC(n3cc(C)cn3)C2)nc2c(F)cccc21. The Bertz CT molecular complexity index is 844. The number of fused-ring (bicyclic) bond motifs is 1. The summed E-state index contributed by atoms with van der Waals surface area (Å²) in [6.07, 6.45) is 3.97. The van der Waals surface area contributed by atoms with Gasteiger partial charge in [0.25, 0.3) is 0 Å². The lowest BCUT2D eigenvalue weighted by Gasteiger charge is -2.38. The van der Waals surface area contributed by atoms with Crippen molar-refractivity contribution in [1.82, 2.24) is 24.2 Å². The van der Waals surface area contributed by atoms with Crippen molar-refractivity contribution < 1.29 is 4.39 Å². The average Bonchev–Trinajstić information content (AvgIpc) is 3.06. The van der Waals surface area contributed by atoms with Crippen LogP contribution in [0.1, 0.15) is 24.4 Å². The van der Waals surface area contributed by atoms with Gasteiger partial charge in [-0.2, -0.15) is 5.10 Å². The molecule has 23 heavy (non-hydrogen) atoms. The molecular formula is C17H20FN5. The highest BCUT2D eigenvalue weighted by molar-refractivity contribution is 5.76. The Hall–Kier alpha value is -2.21. The van der Waals surface area contributed by atoms with Crippen molar-refractivity contribution >= 4 is 11.0 Å². The first-order valence-electron chi connectivity index (χ1n) is 8.02. The predicted molar refractivity (Wildman–Crippen MR) is 86.6 cm³/mol. The number of hydrogen-bond donors (Lipinski definition) is 0. The van der Waals surface area contributed by atoms with Crippen LogP contribution in [0.3, 0.4) is 0 Å². The third-order valence-electron chi connectivity index (χ3n) is 4.53. The summed E-state index contributed by atoms with van der Waals surface area (Å²) in [6, 6.07) is 5.58. The molecule has 0 N–H and O–H groups in total. The molecule has 0 saturated carbocycles. The minimum atomic E-state index is -0.246. The van der Waals surface area contributed by atoms with Crippen molar-refractivity contribution in [2.75, 3.05) is 13.1 Å². The summed E-state index contributed by atoms with van der Waals surface area (Å²) < 4.78 is 18.1. The van der Waals surface area contributed by atoms with Crippen LogP contribution in [0.4, 0.5) is 4.39 Å². The fraction of sp³-hybridized carbons (Fsp3) is 0.412. The third-order valence-corrected chi connectivity index (χ3v) is 4.53. The molecule has 3 heterocycles. The standard InChI is InChI=1S/C17H20FN5/c1-3-22-15-6-4-5-14(18)17(15)20-16(22)11-21-9-13(10-21)23-8-12(2)7-19-23/h4-8,13H,3,9-11H2,1-2H3. The van der Waals surface area contributed by atoms with E-state index >= 15 is 0 Å². The zero-order valence-electron chi connectivity index (χ0n) is 13.4. The van der Waals surface area contributed by atoms with Crippen molar-refractivity contribution in [3.05, 3.63) is 47.8 Å². The zero-order chi connectivity index (χ0) is 16.0. The summed E-state index contributed by atoms with van der Waals surface area (Å²) in [7, 11) is 0. The van der Waals surface area contributed by atoms with Gasteiger partial charge in [-0.15, -0.1) is 0 Å². The second-order valence-electron chi connectivity index (χ2n) is 6.23. The average molecular weight is 313 g/mol. The Morgan fingerprint density at radius 2 is 2.13 bits per heavy atom. The Morgan fingerprint density at radius 3 is 2.83 bits per heavy atom. The molecule has 120 valence electrons. The Morgan fingerprint density at radius 1 is 1.30 bits per heavy atom. The molecule has 0 atom stereocenters. The van der Waals surface area contributed by atoms with E-state index in [0.717, 1.165) is 37.5 Å². The van der Waals surface area contributed by atoms with Gasteiger partial charge in [-0.3, -0.25) is 9.58 Å². The van der Waals surface area contributed by atoms with Gasteiger partial charge in [-0.05, 0) is 31.5 Å². The van der Waals surface area contributed by atoms with Crippen LogP contribution in [-0.2, 0) is 13.1 Å². The highest BCUT2D eigenvalue weighted by atomic mass is 19.1. The minimum absolute atomic E-state index is 0.246. The number of halogens is 1. The van der Waals surface area contributed by atoms with Gasteiger partial charge in [-0.1, -0.05) is 6.07 Å². The van der Waals surface area contributed by atoms with Crippen molar-refractivity contribution in [2.24, 2.45) is 0 Å². The Labute approximate surface area is 134 Å². The summed E-state index contributed by atoms with van der Waals surface area (Å²) in [5.74, 6) is 0.687. The quantitative estimate of drug-likeness (QED) is 0.743. The molecule has 0 aliphatic carbocycles. The highest BCUT2D eigenvalue weighted by Gasteiger charge is 2.30. The molecule has 1 saturated heterocycles. The van der Waals surface area contributed by atoms with Crippen molar-refractivity contribution in [2.45, 2.75) is 33.0 Å². The van der Waals surface area contributed by atoms with Crippen LogP contribution in [0.2, 0.25) is 0 Å². The van der Waals surface area contributed by atoms with E-state index in [1.807, 2.05) is 16.9 Å². The maximum atomic E-state index is 13.9. The molecule has 1 aromatic carbocycles. The first kappa shape index (κ1) is 14.4. The maximum Gasteiger partial charge on any atom is 0.151 e. The van der Waals surface area contributed by atoms with Crippen molar-refractivity contribution in [3.63, 3.8) is 0 Å². The second-order valence-corrected chi connectivity index (χ2v) is 6.23. The van der Waals surface area contributed by atoms with E-state index in [-0.39, 0.29) is 5.82 Å². The van der Waals surface area contributed by atoms with Gasteiger partial charge < -0.3 is 4.57 Å². The number of hydrogen-bond acceptors (Lipinski definition) is 3. The zero-order valence-corrected chi connectivity index (χ0v) is 13.4. The van der Waals surface area contributed by atoms with Gasteiger partial charge >= 0.3 is 0 Å². The number of aryl methyl sites for hydroxylation is 2. The lowest BCUT2D eigenvalue weighted by molar-refractivity contribution is 0.0870. The van der Waals surface area contributed by atoms with Crippen LogP contribution in [0.5, 0.6) is 0 Å². The molecular weight excluding hydrogens is 293 g/mol. The van der Waals surface area contributed by atoms with Gasteiger partial charge in [0, 0.05) is 25.8 Å². The van der Waals surface area contributed by atoms with Gasteiger partial charge in [0.05, 0.1) is 24.3 Å². The number of para-hydroxylation sites is 1. The molecule has 0 unspecified atom stereocenters. The van der Waals surface area contributed by atoms with Crippen LogP contribution in [0, 0.1) is 12.7 Å². The number of rotatable bonds is 4. The molecule has 1 fully saturated rings. The molecule has 5 nitrogen and oxygen atoms in total. The van der Waals surface area contributed by atoms with Gasteiger partial charge in [0.15, 0.2) is 5.82 Å². The molecule has 2 aromatic heterocycles. The Balaban J connectivity index is 1.52. The van der Waals surface area contributed by atoms with Crippen molar-refractivity contribution in [3.8, 4) is 0 Å². The minimum Gasteiger partial charge on any atom is -0.327 e. The smallest absolute Gasteiger partial charge is 0.151 e. The maximum absolute atomic E-state index is 13.9. The monoisotopic (exact) mass is 313 g/mol. The summed E-state index contributed by atoms with van der Waals surface area (Å²) in [4.78, 5) is 6.86. The second kappa shape index (κ2) is 5.45. The van der Waals surface area contributed by atoms with Gasteiger partial charge in [-0.25, -0.2) is 9.37 Å².